The van der Waals surface area contributed by atoms with Crippen LogP contribution in [-0.4, -0.2) is 49.8 Å². The number of pyridine rings is 1. The molecule has 2 N–H and O–H groups in total. The third-order valence-corrected chi connectivity index (χ3v) is 6.01. The van der Waals surface area contributed by atoms with Gasteiger partial charge in [-0.1, -0.05) is 13.8 Å². The van der Waals surface area contributed by atoms with Gasteiger partial charge in [-0.3, -0.25) is 4.79 Å². The second-order valence-electron chi connectivity index (χ2n) is 5.28. The number of hydrogen-bond acceptors (Lipinski definition) is 5. The number of hydrogen-bond donors (Lipinski definition) is 1. The molecule has 0 spiro atoms. The molecule has 1 aromatic rings. The maximum absolute atomic E-state index is 12.4. The Morgan fingerprint density at radius 3 is 2.55 bits per heavy atom. The summed E-state index contributed by atoms with van der Waals surface area (Å²) in [6, 6.07) is 3.24. The van der Waals surface area contributed by atoms with Gasteiger partial charge in [0.25, 0.3) is 0 Å². The number of amides is 1. The van der Waals surface area contributed by atoms with Gasteiger partial charge in [0.15, 0.2) is 0 Å². The van der Waals surface area contributed by atoms with Gasteiger partial charge >= 0.3 is 0 Å². The van der Waals surface area contributed by atoms with E-state index in [1.165, 1.54) is 10.5 Å². The SMILES string of the molecule is CCN(CC)S(=O)(=O)c1ccc(N2CCC(C(N)=O)C2)nc1. The van der Waals surface area contributed by atoms with Crippen LogP contribution in [0.25, 0.3) is 0 Å². The summed E-state index contributed by atoms with van der Waals surface area (Å²) in [5.74, 6) is 0.200. The lowest BCUT2D eigenvalue weighted by Gasteiger charge is -2.20. The lowest BCUT2D eigenvalue weighted by Crippen LogP contribution is -2.31. The topological polar surface area (TPSA) is 96.6 Å². The number of nitrogens with two attached hydrogens (primary N) is 1. The van der Waals surface area contributed by atoms with Gasteiger partial charge in [0.05, 0.1) is 5.92 Å². The van der Waals surface area contributed by atoms with Crippen molar-refractivity contribution in [3.63, 3.8) is 0 Å². The Labute approximate surface area is 131 Å². The van der Waals surface area contributed by atoms with Crippen LogP contribution in [0.4, 0.5) is 5.82 Å². The average Bonchev–Trinajstić information content (AvgIpc) is 2.98. The molecule has 1 amide bonds. The van der Waals surface area contributed by atoms with E-state index in [4.69, 9.17) is 5.73 Å². The number of aromatic nitrogens is 1. The second-order valence-corrected chi connectivity index (χ2v) is 7.21. The zero-order valence-electron chi connectivity index (χ0n) is 12.9. The summed E-state index contributed by atoms with van der Waals surface area (Å²) >= 11 is 0. The Hall–Kier alpha value is -1.67. The molecule has 0 aromatic carbocycles. The van der Waals surface area contributed by atoms with Crippen molar-refractivity contribution in [1.29, 1.82) is 0 Å². The molecular formula is C14H22N4O3S. The van der Waals surface area contributed by atoms with Gasteiger partial charge in [-0.25, -0.2) is 13.4 Å². The zero-order chi connectivity index (χ0) is 16.3. The lowest BCUT2D eigenvalue weighted by molar-refractivity contribution is -0.121. The number of nitrogens with zero attached hydrogens (tertiary/aromatic N) is 3. The Bertz CT molecular complexity index is 626. The van der Waals surface area contributed by atoms with Crippen LogP contribution in [0, 0.1) is 5.92 Å². The number of sulfonamides is 1. The predicted molar refractivity (Wildman–Crippen MR) is 83.9 cm³/mol. The van der Waals surface area contributed by atoms with Gasteiger partial charge in [-0.05, 0) is 18.6 Å². The maximum atomic E-state index is 12.4. The Kier molecular flexibility index (Phi) is 5.02. The van der Waals surface area contributed by atoms with E-state index in [1.54, 1.807) is 26.0 Å². The molecule has 0 radical (unpaired) electrons. The molecule has 2 heterocycles. The summed E-state index contributed by atoms with van der Waals surface area (Å²) in [6.45, 7) is 5.68. The smallest absolute Gasteiger partial charge is 0.244 e. The van der Waals surface area contributed by atoms with E-state index in [0.29, 0.717) is 38.4 Å². The molecule has 1 aliphatic rings. The molecule has 8 heteroatoms. The molecule has 1 aliphatic heterocycles. The van der Waals surface area contributed by atoms with Crippen LogP contribution in [0.3, 0.4) is 0 Å². The van der Waals surface area contributed by atoms with Crippen LogP contribution < -0.4 is 10.6 Å². The summed E-state index contributed by atoms with van der Waals surface area (Å²) in [4.78, 5) is 17.6. The Balaban J connectivity index is 2.16. The molecule has 1 saturated heterocycles. The van der Waals surface area contributed by atoms with E-state index in [2.05, 4.69) is 4.98 Å². The van der Waals surface area contributed by atoms with E-state index in [-0.39, 0.29) is 16.7 Å². The molecule has 1 aromatic heterocycles. The molecule has 1 atom stereocenters. The summed E-state index contributed by atoms with van der Waals surface area (Å²) in [6.07, 6.45) is 2.08. The first-order valence-electron chi connectivity index (χ1n) is 7.40. The minimum Gasteiger partial charge on any atom is -0.369 e. The summed E-state index contributed by atoms with van der Waals surface area (Å²) in [5, 5.41) is 0. The third kappa shape index (κ3) is 3.22. The molecule has 2 rings (SSSR count). The van der Waals surface area contributed by atoms with Crippen molar-refractivity contribution >= 4 is 21.7 Å². The van der Waals surface area contributed by atoms with Crippen LogP contribution in [0.15, 0.2) is 23.2 Å². The van der Waals surface area contributed by atoms with Crippen LogP contribution in [-0.2, 0) is 14.8 Å². The van der Waals surface area contributed by atoms with E-state index in [0.717, 1.165) is 0 Å². The normalized spacial score (nSPS) is 18.9. The van der Waals surface area contributed by atoms with Crippen molar-refractivity contribution in [3.8, 4) is 0 Å². The fourth-order valence-electron chi connectivity index (χ4n) is 2.63. The molecular weight excluding hydrogens is 304 g/mol. The highest BCUT2D eigenvalue weighted by Crippen LogP contribution is 2.23. The van der Waals surface area contributed by atoms with E-state index in [1.807, 2.05) is 4.90 Å². The number of carbonyl (C=O) groups is 1. The minimum atomic E-state index is -3.49. The monoisotopic (exact) mass is 326 g/mol. The van der Waals surface area contributed by atoms with Crippen molar-refractivity contribution < 1.29 is 13.2 Å². The first kappa shape index (κ1) is 16.7. The van der Waals surface area contributed by atoms with Crippen LogP contribution in [0.2, 0.25) is 0 Å². The van der Waals surface area contributed by atoms with Crippen LogP contribution >= 0.6 is 0 Å². The van der Waals surface area contributed by atoms with Crippen molar-refractivity contribution in [1.82, 2.24) is 9.29 Å². The van der Waals surface area contributed by atoms with Crippen LogP contribution in [0.5, 0.6) is 0 Å². The van der Waals surface area contributed by atoms with Crippen molar-refractivity contribution in [3.05, 3.63) is 18.3 Å². The van der Waals surface area contributed by atoms with Crippen molar-refractivity contribution in [2.75, 3.05) is 31.1 Å². The van der Waals surface area contributed by atoms with Gasteiger partial charge in [-0.15, -0.1) is 0 Å². The number of carbonyl (C=O) groups excluding carboxylic acids is 1. The Morgan fingerprint density at radius 1 is 1.41 bits per heavy atom. The van der Waals surface area contributed by atoms with Gasteiger partial charge in [0, 0.05) is 32.4 Å². The molecule has 0 bridgehead atoms. The average molecular weight is 326 g/mol. The first-order valence-corrected chi connectivity index (χ1v) is 8.84. The highest BCUT2D eigenvalue weighted by atomic mass is 32.2. The fourth-order valence-corrected chi connectivity index (χ4v) is 4.03. The first-order chi connectivity index (χ1) is 10.4. The highest BCUT2D eigenvalue weighted by molar-refractivity contribution is 7.89. The molecule has 0 aliphatic carbocycles. The van der Waals surface area contributed by atoms with Gasteiger partial charge in [-0.2, -0.15) is 4.31 Å². The molecule has 7 nitrogen and oxygen atoms in total. The molecule has 0 saturated carbocycles. The Morgan fingerprint density at radius 2 is 2.09 bits per heavy atom. The third-order valence-electron chi connectivity index (χ3n) is 3.98. The predicted octanol–water partition coefficient (Wildman–Crippen LogP) is 0.424. The number of rotatable bonds is 6. The fraction of sp³-hybridized carbons (Fsp3) is 0.571. The van der Waals surface area contributed by atoms with Gasteiger partial charge in [0.1, 0.15) is 10.7 Å². The molecule has 1 unspecified atom stereocenters. The summed E-state index contributed by atoms with van der Waals surface area (Å²) in [7, 11) is -3.49. The van der Waals surface area contributed by atoms with Gasteiger partial charge < -0.3 is 10.6 Å². The summed E-state index contributed by atoms with van der Waals surface area (Å²) in [5.41, 5.74) is 5.31. The molecule has 22 heavy (non-hydrogen) atoms. The van der Waals surface area contributed by atoms with E-state index in [9.17, 15) is 13.2 Å². The van der Waals surface area contributed by atoms with E-state index >= 15 is 0 Å². The van der Waals surface area contributed by atoms with E-state index < -0.39 is 10.0 Å². The van der Waals surface area contributed by atoms with Crippen molar-refractivity contribution in [2.24, 2.45) is 11.7 Å². The van der Waals surface area contributed by atoms with Crippen molar-refractivity contribution in [2.45, 2.75) is 25.2 Å². The second kappa shape index (κ2) is 6.62. The summed E-state index contributed by atoms with van der Waals surface area (Å²) < 4.78 is 26.2. The molecule has 122 valence electrons. The molecule has 1 fully saturated rings. The quantitative estimate of drug-likeness (QED) is 0.817. The maximum Gasteiger partial charge on any atom is 0.244 e. The highest BCUT2D eigenvalue weighted by Gasteiger charge is 2.28. The minimum absolute atomic E-state index is 0.166. The zero-order valence-corrected chi connectivity index (χ0v) is 13.7. The van der Waals surface area contributed by atoms with Gasteiger partial charge in [0.2, 0.25) is 15.9 Å². The number of primary amides is 1. The number of anilines is 1. The lowest BCUT2D eigenvalue weighted by atomic mass is 10.1. The largest absolute Gasteiger partial charge is 0.369 e. The standard InChI is InChI=1S/C14H22N4O3S/c1-3-18(4-2)22(20,21)12-5-6-13(16-9-12)17-8-7-11(10-17)14(15)19/h5-6,9,11H,3-4,7-8,10H2,1-2H3,(H2,15,19). The van der Waals surface area contributed by atoms with Crippen LogP contribution in [0.1, 0.15) is 20.3 Å².